The highest BCUT2D eigenvalue weighted by atomic mass is 35.5. The van der Waals surface area contributed by atoms with Crippen LogP contribution in [0, 0.1) is 5.92 Å². The highest BCUT2D eigenvalue weighted by Gasteiger charge is 2.18. The Balaban J connectivity index is 0.00000147. The van der Waals surface area contributed by atoms with E-state index < -0.39 is 0 Å². The van der Waals surface area contributed by atoms with Crippen molar-refractivity contribution in [3.8, 4) is 5.69 Å². The topological polar surface area (TPSA) is 59.0 Å². The van der Waals surface area contributed by atoms with Gasteiger partial charge >= 0.3 is 0 Å². The van der Waals surface area contributed by atoms with Gasteiger partial charge in [0, 0.05) is 31.7 Å². The molecule has 5 nitrogen and oxygen atoms in total. The number of hydrogen-bond donors (Lipinski definition) is 2. The zero-order valence-corrected chi connectivity index (χ0v) is 11.8. The van der Waals surface area contributed by atoms with Gasteiger partial charge in [-0.3, -0.25) is 4.79 Å². The van der Waals surface area contributed by atoms with Gasteiger partial charge in [-0.05, 0) is 18.2 Å². The van der Waals surface area contributed by atoms with Crippen molar-refractivity contribution in [1.82, 2.24) is 20.4 Å². The molecule has 2 N–H and O–H groups in total. The smallest absolute Gasteiger partial charge is 0.271 e. The monoisotopic (exact) mass is 292 g/mol. The molecule has 3 rings (SSSR count). The van der Waals surface area contributed by atoms with Crippen molar-refractivity contribution in [3.63, 3.8) is 0 Å². The van der Waals surface area contributed by atoms with Crippen molar-refractivity contribution >= 4 is 18.3 Å². The summed E-state index contributed by atoms with van der Waals surface area (Å²) in [6.07, 6.45) is 1.80. The Hall–Kier alpha value is -1.85. The number of para-hydroxylation sites is 1. The van der Waals surface area contributed by atoms with E-state index in [9.17, 15) is 4.79 Å². The number of carbonyl (C=O) groups excluding carboxylic acids is 1. The van der Waals surface area contributed by atoms with Gasteiger partial charge in [-0.25, -0.2) is 4.68 Å². The second-order valence-electron chi connectivity index (χ2n) is 4.72. The molecule has 106 valence electrons. The summed E-state index contributed by atoms with van der Waals surface area (Å²) >= 11 is 0. The third kappa shape index (κ3) is 3.18. The molecular formula is C14H17ClN4O. The Labute approximate surface area is 123 Å². The Morgan fingerprint density at radius 3 is 2.70 bits per heavy atom. The average molecular weight is 293 g/mol. The Bertz CT molecular complexity index is 566. The lowest BCUT2D eigenvalue weighted by Gasteiger charge is -2.26. The molecule has 0 aliphatic carbocycles. The number of hydrogen-bond acceptors (Lipinski definition) is 3. The van der Waals surface area contributed by atoms with Crippen LogP contribution < -0.4 is 10.6 Å². The SMILES string of the molecule is Cl.O=C(NCC1CNC1)c1ccn(-c2ccccc2)n1. The molecule has 1 aromatic carbocycles. The molecule has 0 spiro atoms. The van der Waals surface area contributed by atoms with Crippen molar-refractivity contribution in [3.05, 3.63) is 48.3 Å². The molecule has 2 aromatic rings. The number of halogens is 1. The fourth-order valence-corrected chi connectivity index (χ4v) is 1.99. The molecule has 2 heterocycles. The summed E-state index contributed by atoms with van der Waals surface area (Å²) in [4.78, 5) is 11.9. The molecule has 1 aromatic heterocycles. The zero-order valence-electron chi connectivity index (χ0n) is 11.0. The second-order valence-corrected chi connectivity index (χ2v) is 4.72. The highest BCUT2D eigenvalue weighted by Crippen LogP contribution is 2.07. The van der Waals surface area contributed by atoms with Crippen LogP contribution in [0.15, 0.2) is 42.6 Å². The summed E-state index contributed by atoms with van der Waals surface area (Å²) < 4.78 is 1.71. The van der Waals surface area contributed by atoms with Crippen molar-refractivity contribution in [2.24, 2.45) is 5.92 Å². The summed E-state index contributed by atoms with van der Waals surface area (Å²) in [5.41, 5.74) is 1.40. The van der Waals surface area contributed by atoms with E-state index >= 15 is 0 Å². The first-order valence-corrected chi connectivity index (χ1v) is 6.43. The van der Waals surface area contributed by atoms with Gasteiger partial charge in [0.25, 0.3) is 5.91 Å². The molecule has 0 unspecified atom stereocenters. The molecule has 1 fully saturated rings. The maximum Gasteiger partial charge on any atom is 0.271 e. The Morgan fingerprint density at radius 1 is 1.30 bits per heavy atom. The van der Waals surface area contributed by atoms with E-state index in [1.807, 2.05) is 30.3 Å². The standard InChI is InChI=1S/C14H16N4O.ClH/c19-14(16-10-11-8-15-9-11)13-6-7-18(17-13)12-4-2-1-3-5-12;/h1-7,11,15H,8-10H2,(H,16,19);1H. The van der Waals surface area contributed by atoms with Crippen LogP contribution in [0.25, 0.3) is 5.69 Å². The molecule has 0 radical (unpaired) electrons. The minimum absolute atomic E-state index is 0. The van der Waals surface area contributed by atoms with Crippen LogP contribution in [0.5, 0.6) is 0 Å². The first-order valence-electron chi connectivity index (χ1n) is 6.43. The van der Waals surface area contributed by atoms with Crippen molar-refractivity contribution in [1.29, 1.82) is 0 Å². The fourth-order valence-electron chi connectivity index (χ4n) is 1.99. The van der Waals surface area contributed by atoms with Crippen LogP contribution >= 0.6 is 12.4 Å². The summed E-state index contributed by atoms with van der Waals surface area (Å²) in [6.45, 7) is 2.68. The lowest BCUT2D eigenvalue weighted by atomic mass is 10.0. The Morgan fingerprint density at radius 2 is 2.05 bits per heavy atom. The third-order valence-electron chi connectivity index (χ3n) is 3.26. The molecule has 0 atom stereocenters. The largest absolute Gasteiger partial charge is 0.350 e. The van der Waals surface area contributed by atoms with E-state index in [0.29, 0.717) is 18.2 Å². The van der Waals surface area contributed by atoms with E-state index in [0.717, 1.165) is 18.8 Å². The minimum atomic E-state index is -0.110. The van der Waals surface area contributed by atoms with Gasteiger partial charge in [-0.2, -0.15) is 5.10 Å². The van der Waals surface area contributed by atoms with Gasteiger partial charge in [-0.15, -0.1) is 12.4 Å². The first-order chi connectivity index (χ1) is 9.33. The number of amides is 1. The maximum absolute atomic E-state index is 11.9. The lowest BCUT2D eigenvalue weighted by molar-refractivity contribution is 0.0937. The Kier molecular flexibility index (Phi) is 4.76. The van der Waals surface area contributed by atoms with Crippen LogP contribution in [0.1, 0.15) is 10.5 Å². The van der Waals surface area contributed by atoms with Crippen LogP contribution in [-0.4, -0.2) is 35.3 Å². The van der Waals surface area contributed by atoms with E-state index in [4.69, 9.17) is 0 Å². The van der Waals surface area contributed by atoms with Crippen molar-refractivity contribution in [2.45, 2.75) is 0 Å². The van der Waals surface area contributed by atoms with Crippen molar-refractivity contribution in [2.75, 3.05) is 19.6 Å². The van der Waals surface area contributed by atoms with Gasteiger partial charge < -0.3 is 10.6 Å². The summed E-state index contributed by atoms with van der Waals surface area (Å²) in [5, 5.41) is 10.4. The predicted molar refractivity (Wildman–Crippen MR) is 79.5 cm³/mol. The fraction of sp³-hybridized carbons (Fsp3) is 0.286. The molecule has 20 heavy (non-hydrogen) atoms. The summed E-state index contributed by atoms with van der Waals surface area (Å²) in [7, 11) is 0. The third-order valence-corrected chi connectivity index (χ3v) is 3.26. The molecule has 6 heteroatoms. The van der Waals surface area contributed by atoms with E-state index in [1.54, 1.807) is 16.9 Å². The summed E-state index contributed by atoms with van der Waals surface area (Å²) in [6, 6.07) is 11.5. The quantitative estimate of drug-likeness (QED) is 0.891. The maximum atomic E-state index is 11.9. The number of rotatable bonds is 4. The second kappa shape index (κ2) is 6.54. The van der Waals surface area contributed by atoms with Crippen LogP contribution in [0.3, 0.4) is 0 Å². The van der Waals surface area contributed by atoms with Gasteiger partial charge in [0.05, 0.1) is 5.69 Å². The van der Waals surface area contributed by atoms with Gasteiger partial charge in [0.2, 0.25) is 0 Å². The van der Waals surface area contributed by atoms with Crippen molar-refractivity contribution < 1.29 is 4.79 Å². The zero-order chi connectivity index (χ0) is 13.1. The molecule has 0 saturated carbocycles. The number of aromatic nitrogens is 2. The first kappa shape index (κ1) is 14.6. The van der Waals surface area contributed by atoms with E-state index in [1.165, 1.54) is 0 Å². The predicted octanol–water partition coefficient (Wildman–Crippen LogP) is 1.24. The van der Waals surface area contributed by atoms with E-state index in [2.05, 4.69) is 15.7 Å². The van der Waals surface area contributed by atoms with Gasteiger partial charge in [-0.1, -0.05) is 18.2 Å². The number of carbonyl (C=O) groups is 1. The van der Waals surface area contributed by atoms with Gasteiger partial charge in [0.15, 0.2) is 5.69 Å². The molecule has 1 saturated heterocycles. The normalized spacial score (nSPS) is 14.2. The molecule has 1 aliphatic heterocycles. The van der Waals surface area contributed by atoms with Gasteiger partial charge in [0.1, 0.15) is 0 Å². The van der Waals surface area contributed by atoms with E-state index in [-0.39, 0.29) is 18.3 Å². The number of benzene rings is 1. The van der Waals surface area contributed by atoms with Crippen LogP contribution in [0.2, 0.25) is 0 Å². The highest BCUT2D eigenvalue weighted by molar-refractivity contribution is 5.92. The number of nitrogens with zero attached hydrogens (tertiary/aromatic N) is 2. The minimum Gasteiger partial charge on any atom is -0.350 e. The molecule has 1 amide bonds. The lowest BCUT2D eigenvalue weighted by Crippen LogP contribution is -2.48. The molecular weight excluding hydrogens is 276 g/mol. The molecule has 1 aliphatic rings. The van der Waals surface area contributed by atoms with Crippen LogP contribution in [-0.2, 0) is 0 Å². The summed E-state index contributed by atoms with van der Waals surface area (Å²) in [5.74, 6) is 0.446. The average Bonchev–Trinajstić information content (AvgIpc) is 2.87. The molecule has 0 bridgehead atoms. The van der Waals surface area contributed by atoms with Crippen LogP contribution in [0.4, 0.5) is 0 Å². The number of nitrogens with one attached hydrogen (secondary N) is 2.